The molecule has 0 spiro atoms. The number of rotatable bonds is 6. The maximum Gasteiger partial charge on any atom is 0.242 e. The summed E-state index contributed by atoms with van der Waals surface area (Å²) in [5.41, 5.74) is 6.01. The molecule has 0 aliphatic carbocycles. The lowest BCUT2D eigenvalue weighted by Gasteiger charge is -2.13. The van der Waals surface area contributed by atoms with Crippen molar-refractivity contribution in [3.05, 3.63) is 11.9 Å². The van der Waals surface area contributed by atoms with E-state index in [4.69, 9.17) is 10.8 Å². The molecule has 7 nitrogen and oxygen atoms in total. The number of aliphatic hydroxyl groups excluding tert-OH is 1. The van der Waals surface area contributed by atoms with Crippen LogP contribution >= 0.6 is 0 Å². The van der Waals surface area contributed by atoms with Gasteiger partial charge in [-0.3, -0.25) is 4.79 Å². The summed E-state index contributed by atoms with van der Waals surface area (Å²) in [6.07, 6.45) is 2.31. The van der Waals surface area contributed by atoms with Gasteiger partial charge in [-0.15, -0.1) is 5.10 Å². The Bertz CT molecular complexity index is 334. The van der Waals surface area contributed by atoms with Gasteiger partial charge in [-0.25, -0.2) is 4.68 Å². The average Bonchev–Trinajstić information content (AvgIpc) is 2.73. The topological polar surface area (TPSA) is 106 Å². The molecule has 1 heterocycles. The van der Waals surface area contributed by atoms with E-state index in [1.807, 2.05) is 6.92 Å². The van der Waals surface area contributed by atoms with Crippen LogP contribution in [-0.2, 0) is 17.9 Å². The fourth-order valence-corrected chi connectivity index (χ4v) is 1.21. The van der Waals surface area contributed by atoms with Crippen molar-refractivity contribution in [1.29, 1.82) is 0 Å². The molecule has 1 aromatic rings. The Kier molecular flexibility index (Phi) is 4.87. The number of nitrogens with two attached hydrogens (primary N) is 1. The number of aromatic nitrogens is 3. The van der Waals surface area contributed by atoms with Crippen molar-refractivity contribution in [1.82, 2.24) is 20.3 Å². The Balaban J connectivity index is 2.44. The summed E-state index contributed by atoms with van der Waals surface area (Å²) in [6, 6.07) is -0.204. The van der Waals surface area contributed by atoms with E-state index in [1.165, 1.54) is 4.68 Å². The molecule has 7 heteroatoms. The zero-order valence-corrected chi connectivity index (χ0v) is 9.26. The smallest absolute Gasteiger partial charge is 0.242 e. The third kappa shape index (κ3) is 3.59. The number of aliphatic hydroxyl groups is 1. The van der Waals surface area contributed by atoms with Crippen LogP contribution in [0.25, 0.3) is 0 Å². The number of nitrogens with one attached hydrogen (secondary N) is 1. The number of hydrogen-bond donors (Lipinski definition) is 3. The lowest BCUT2D eigenvalue weighted by atomic mass is 10.2. The third-order valence-corrected chi connectivity index (χ3v) is 2.18. The van der Waals surface area contributed by atoms with Gasteiger partial charge in [0.2, 0.25) is 5.91 Å². The molecule has 0 saturated heterocycles. The van der Waals surface area contributed by atoms with Crippen LogP contribution < -0.4 is 11.1 Å². The second-order valence-electron chi connectivity index (χ2n) is 3.47. The van der Waals surface area contributed by atoms with Crippen LogP contribution in [0.1, 0.15) is 19.0 Å². The summed E-state index contributed by atoms with van der Waals surface area (Å²) in [5, 5.41) is 19.1. The van der Waals surface area contributed by atoms with Gasteiger partial charge >= 0.3 is 0 Å². The van der Waals surface area contributed by atoms with Gasteiger partial charge in [0.1, 0.15) is 6.54 Å². The SMILES string of the molecule is CCC(CO)NC(=O)Cn1cc(CN)nn1. The Hall–Kier alpha value is -1.47. The molecule has 1 unspecified atom stereocenters. The molecule has 1 atom stereocenters. The van der Waals surface area contributed by atoms with Crippen LogP contribution in [0.2, 0.25) is 0 Å². The fraction of sp³-hybridized carbons (Fsp3) is 0.667. The van der Waals surface area contributed by atoms with Crippen molar-refractivity contribution in [3.63, 3.8) is 0 Å². The van der Waals surface area contributed by atoms with Gasteiger partial charge in [-0.1, -0.05) is 12.1 Å². The van der Waals surface area contributed by atoms with Crippen LogP contribution in [0.5, 0.6) is 0 Å². The van der Waals surface area contributed by atoms with E-state index in [1.54, 1.807) is 6.20 Å². The Labute approximate surface area is 93.6 Å². The minimum atomic E-state index is -0.204. The minimum Gasteiger partial charge on any atom is -0.394 e. The average molecular weight is 227 g/mol. The number of amides is 1. The van der Waals surface area contributed by atoms with E-state index in [0.717, 1.165) is 0 Å². The highest BCUT2D eigenvalue weighted by atomic mass is 16.3. The predicted octanol–water partition coefficient (Wildman–Crippen LogP) is -1.38. The van der Waals surface area contributed by atoms with Crippen LogP contribution in [0.15, 0.2) is 6.20 Å². The molecule has 0 bridgehead atoms. The monoisotopic (exact) mass is 227 g/mol. The number of nitrogens with zero attached hydrogens (tertiary/aromatic N) is 3. The summed E-state index contributed by atoms with van der Waals surface area (Å²) in [7, 11) is 0. The molecule has 1 amide bonds. The molecule has 0 saturated carbocycles. The van der Waals surface area contributed by atoms with Crippen LogP contribution in [0, 0.1) is 0 Å². The van der Waals surface area contributed by atoms with Gasteiger partial charge in [0.05, 0.1) is 24.5 Å². The highest BCUT2D eigenvalue weighted by Crippen LogP contribution is 1.93. The van der Waals surface area contributed by atoms with E-state index in [0.29, 0.717) is 18.7 Å². The van der Waals surface area contributed by atoms with Crippen LogP contribution in [-0.4, -0.2) is 38.7 Å². The quantitative estimate of drug-likeness (QED) is 0.555. The number of carbonyl (C=O) groups excluding carboxylic acids is 1. The normalized spacial score (nSPS) is 12.4. The lowest BCUT2D eigenvalue weighted by molar-refractivity contribution is -0.122. The maximum absolute atomic E-state index is 11.5. The van der Waals surface area contributed by atoms with E-state index in [9.17, 15) is 4.79 Å². The molecule has 0 aromatic carbocycles. The second-order valence-corrected chi connectivity index (χ2v) is 3.47. The zero-order valence-electron chi connectivity index (χ0n) is 9.26. The van der Waals surface area contributed by atoms with Gasteiger partial charge in [0, 0.05) is 6.54 Å². The molecular formula is C9H17N5O2. The Morgan fingerprint density at radius 3 is 3.00 bits per heavy atom. The van der Waals surface area contributed by atoms with Gasteiger partial charge in [0.15, 0.2) is 0 Å². The molecule has 1 aromatic heterocycles. The van der Waals surface area contributed by atoms with E-state index in [2.05, 4.69) is 15.6 Å². The first-order chi connectivity index (χ1) is 7.69. The molecule has 0 aliphatic rings. The molecule has 90 valence electrons. The van der Waals surface area contributed by atoms with Gasteiger partial charge in [-0.2, -0.15) is 0 Å². The molecular weight excluding hydrogens is 210 g/mol. The zero-order chi connectivity index (χ0) is 12.0. The van der Waals surface area contributed by atoms with Crippen molar-refractivity contribution < 1.29 is 9.90 Å². The van der Waals surface area contributed by atoms with Crippen LogP contribution in [0.4, 0.5) is 0 Å². The molecule has 0 aliphatic heterocycles. The van der Waals surface area contributed by atoms with Gasteiger partial charge < -0.3 is 16.2 Å². The van der Waals surface area contributed by atoms with Crippen molar-refractivity contribution in [2.45, 2.75) is 32.5 Å². The molecule has 0 fully saturated rings. The Morgan fingerprint density at radius 1 is 1.75 bits per heavy atom. The van der Waals surface area contributed by atoms with Crippen LogP contribution in [0.3, 0.4) is 0 Å². The van der Waals surface area contributed by atoms with Crippen molar-refractivity contribution in [3.8, 4) is 0 Å². The number of hydrogen-bond acceptors (Lipinski definition) is 5. The lowest BCUT2D eigenvalue weighted by Crippen LogP contribution is -2.38. The summed E-state index contributed by atoms with van der Waals surface area (Å²) < 4.78 is 1.42. The van der Waals surface area contributed by atoms with Crippen molar-refractivity contribution in [2.75, 3.05) is 6.61 Å². The second kappa shape index (κ2) is 6.19. The number of carbonyl (C=O) groups is 1. The largest absolute Gasteiger partial charge is 0.394 e. The highest BCUT2D eigenvalue weighted by Gasteiger charge is 2.10. The first-order valence-electron chi connectivity index (χ1n) is 5.18. The minimum absolute atomic E-state index is 0.0619. The molecule has 1 rings (SSSR count). The molecule has 0 radical (unpaired) electrons. The summed E-state index contributed by atoms with van der Waals surface area (Å²) in [5.74, 6) is -0.200. The molecule has 4 N–H and O–H groups in total. The fourth-order valence-electron chi connectivity index (χ4n) is 1.21. The maximum atomic E-state index is 11.5. The van der Waals surface area contributed by atoms with Crippen molar-refractivity contribution >= 4 is 5.91 Å². The first-order valence-corrected chi connectivity index (χ1v) is 5.18. The predicted molar refractivity (Wildman–Crippen MR) is 57.2 cm³/mol. The standard InChI is InChI=1S/C9H17N5O2/c1-2-7(6-15)11-9(16)5-14-4-8(3-10)12-13-14/h4,7,15H,2-3,5-6,10H2,1H3,(H,11,16). The van der Waals surface area contributed by atoms with E-state index < -0.39 is 0 Å². The summed E-state index contributed by atoms with van der Waals surface area (Å²) in [4.78, 5) is 11.5. The summed E-state index contributed by atoms with van der Waals surface area (Å²) >= 11 is 0. The highest BCUT2D eigenvalue weighted by molar-refractivity contribution is 5.75. The third-order valence-electron chi connectivity index (χ3n) is 2.18. The van der Waals surface area contributed by atoms with Crippen molar-refractivity contribution in [2.24, 2.45) is 5.73 Å². The molecule has 16 heavy (non-hydrogen) atoms. The van der Waals surface area contributed by atoms with E-state index >= 15 is 0 Å². The van der Waals surface area contributed by atoms with Gasteiger partial charge in [-0.05, 0) is 6.42 Å². The Morgan fingerprint density at radius 2 is 2.50 bits per heavy atom. The van der Waals surface area contributed by atoms with E-state index in [-0.39, 0.29) is 25.1 Å². The van der Waals surface area contributed by atoms with Gasteiger partial charge in [0.25, 0.3) is 0 Å². The summed E-state index contributed by atoms with van der Waals surface area (Å²) in [6.45, 7) is 2.22. The first kappa shape index (κ1) is 12.6.